The Morgan fingerprint density at radius 1 is 1.41 bits per heavy atom. The van der Waals surface area contributed by atoms with Crippen LogP contribution in [0.3, 0.4) is 0 Å². The number of nitrogens with zero attached hydrogens (tertiary/aromatic N) is 2. The van der Waals surface area contributed by atoms with Crippen molar-refractivity contribution in [3.05, 3.63) is 12.4 Å². The molecule has 0 saturated heterocycles. The van der Waals surface area contributed by atoms with Crippen molar-refractivity contribution in [2.45, 2.75) is 33.2 Å². The molecule has 1 aromatic rings. The predicted molar refractivity (Wildman–Crippen MR) is 70.8 cm³/mol. The van der Waals surface area contributed by atoms with E-state index in [-0.39, 0.29) is 0 Å². The van der Waals surface area contributed by atoms with E-state index in [0.29, 0.717) is 30.3 Å². The van der Waals surface area contributed by atoms with E-state index >= 15 is 0 Å². The van der Waals surface area contributed by atoms with Gasteiger partial charge in [0.25, 0.3) is 0 Å². The van der Waals surface area contributed by atoms with E-state index in [1.807, 2.05) is 6.92 Å². The van der Waals surface area contributed by atoms with Crippen molar-refractivity contribution in [1.29, 1.82) is 0 Å². The van der Waals surface area contributed by atoms with Crippen LogP contribution >= 0.6 is 11.6 Å². The first kappa shape index (κ1) is 14.0. The van der Waals surface area contributed by atoms with Gasteiger partial charge in [0, 0.05) is 11.9 Å². The Labute approximate surface area is 108 Å². The second kappa shape index (κ2) is 7.33. The maximum absolute atomic E-state index is 5.79. The third-order valence-corrected chi connectivity index (χ3v) is 2.68. The molecule has 0 spiro atoms. The van der Waals surface area contributed by atoms with E-state index in [4.69, 9.17) is 16.3 Å². The van der Waals surface area contributed by atoms with Gasteiger partial charge < -0.3 is 10.1 Å². The summed E-state index contributed by atoms with van der Waals surface area (Å²) in [5.41, 5.74) is 0. The highest BCUT2D eigenvalue weighted by Gasteiger charge is 2.13. The van der Waals surface area contributed by atoms with Crippen molar-refractivity contribution in [2.24, 2.45) is 5.92 Å². The smallest absolute Gasteiger partial charge is 0.234 e. The van der Waals surface area contributed by atoms with E-state index in [0.717, 1.165) is 12.2 Å². The molecular weight excluding hydrogens is 238 g/mol. The van der Waals surface area contributed by atoms with Crippen LogP contribution < -0.4 is 10.1 Å². The van der Waals surface area contributed by atoms with Crippen LogP contribution in [0.25, 0.3) is 0 Å². The molecule has 1 N–H and O–H groups in total. The van der Waals surface area contributed by atoms with Gasteiger partial charge in [-0.15, -0.1) is 11.6 Å². The summed E-state index contributed by atoms with van der Waals surface area (Å²) in [4.78, 5) is 8.42. The van der Waals surface area contributed by atoms with Crippen LogP contribution in [0.4, 0.5) is 5.82 Å². The van der Waals surface area contributed by atoms with E-state index in [1.165, 1.54) is 0 Å². The molecule has 0 aliphatic heterocycles. The lowest BCUT2D eigenvalue weighted by atomic mass is 10.0. The van der Waals surface area contributed by atoms with Crippen LogP contribution in [0, 0.1) is 5.92 Å². The molecule has 5 heteroatoms. The Morgan fingerprint density at radius 3 is 2.76 bits per heavy atom. The van der Waals surface area contributed by atoms with Crippen molar-refractivity contribution in [3.8, 4) is 5.88 Å². The summed E-state index contributed by atoms with van der Waals surface area (Å²) in [6.45, 7) is 6.83. The summed E-state index contributed by atoms with van der Waals surface area (Å²) < 4.78 is 5.31. The highest BCUT2D eigenvalue weighted by Crippen LogP contribution is 2.15. The minimum atomic E-state index is 0.304. The molecule has 0 aromatic carbocycles. The Bertz CT molecular complexity index is 333. The lowest BCUT2D eigenvalue weighted by molar-refractivity contribution is 0.325. The lowest BCUT2D eigenvalue weighted by Gasteiger charge is -2.21. The first-order valence-electron chi connectivity index (χ1n) is 5.94. The number of aromatic nitrogens is 2. The normalized spacial score (nSPS) is 12.5. The number of ether oxygens (including phenoxy) is 1. The van der Waals surface area contributed by atoms with Crippen LogP contribution in [0.1, 0.15) is 27.2 Å². The zero-order valence-corrected chi connectivity index (χ0v) is 11.4. The molecule has 1 aromatic heterocycles. The van der Waals surface area contributed by atoms with Gasteiger partial charge in [-0.1, -0.05) is 13.8 Å². The highest BCUT2D eigenvalue weighted by atomic mass is 35.5. The molecule has 0 fully saturated rings. The average Bonchev–Trinajstić information content (AvgIpc) is 2.29. The maximum atomic E-state index is 5.79. The summed E-state index contributed by atoms with van der Waals surface area (Å²) in [5.74, 6) is 2.41. The monoisotopic (exact) mass is 257 g/mol. The average molecular weight is 258 g/mol. The first-order valence-corrected chi connectivity index (χ1v) is 6.48. The van der Waals surface area contributed by atoms with E-state index in [9.17, 15) is 0 Å². The SMILES string of the molecule is CCOc1cncc(NC(CCCl)C(C)C)n1. The molecule has 1 rings (SSSR count). The van der Waals surface area contributed by atoms with Crippen molar-refractivity contribution < 1.29 is 4.74 Å². The predicted octanol–water partition coefficient (Wildman–Crippen LogP) is 2.94. The van der Waals surface area contributed by atoms with Crippen LogP contribution in [-0.4, -0.2) is 28.5 Å². The number of anilines is 1. The van der Waals surface area contributed by atoms with E-state index < -0.39 is 0 Å². The summed E-state index contributed by atoms with van der Waals surface area (Å²) in [5, 5.41) is 3.34. The topological polar surface area (TPSA) is 47.0 Å². The third-order valence-electron chi connectivity index (χ3n) is 2.46. The molecule has 0 aliphatic rings. The van der Waals surface area contributed by atoms with Crippen molar-refractivity contribution in [1.82, 2.24) is 9.97 Å². The summed E-state index contributed by atoms with van der Waals surface area (Å²) in [6, 6.07) is 0.304. The minimum absolute atomic E-state index is 0.304. The second-order valence-corrected chi connectivity index (χ2v) is 4.53. The van der Waals surface area contributed by atoms with Crippen LogP contribution in [0.15, 0.2) is 12.4 Å². The van der Waals surface area contributed by atoms with Crippen molar-refractivity contribution in [2.75, 3.05) is 17.8 Å². The van der Waals surface area contributed by atoms with Gasteiger partial charge in [0.15, 0.2) is 0 Å². The fourth-order valence-corrected chi connectivity index (χ4v) is 1.75. The zero-order valence-electron chi connectivity index (χ0n) is 10.6. The number of hydrogen-bond acceptors (Lipinski definition) is 4. The number of hydrogen-bond donors (Lipinski definition) is 1. The Balaban J connectivity index is 2.68. The maximum Gasteiger partial charge on any atom is 0.234 e. The molecular formula is C12H20ClN3O. The summed E-state index contributed by atoms with van der Waals surface area (Å²) >= 11 is 5.79. The molecule has 1 heterocycles. The van der Waals surface area contributed by atoms with Gasteiger partial charge in [-0.3, -0.25) is 4.98 Å². The molecule has 17 heavy (non-hydrogen) atoms. The quantitative estimate of drug-likeness (QED) is 0.763. The number of rotatable bonds is 7. The van der Waals surface area contributed by atoms with Gasteiger partial charge in [-0.2, -0.15) is 4.98 Å². The zero-order chi connectivity index (χ0) is 12.7. The molecule has 96 valence electrons. The molecule has 0 amide bonds. The van der Waals surface area contributed by atoms with Crippen LogP contribution in [-0.2, 0) is 0 Å². The summed E-state index contributed by atoms with van der Waals surface area (Å²) in [6.07, 6.45) is 4.21. The van der Waals surface area contributed by atoms with Crippen LogP contribution in [0.2, 0.25) is 0 Å². The largest absolute Gasteiger partial charge is 0.477 e. The second-order valence-electron chi connectivity index (χ2n) is 4.15. The fourth-order valence-electron chi connectivity index (χ4n) is 1.51. The Kier molecular flexibility index (Phi) is 6.05. The molecule has 0 radical (unpaired) electrons. The number of nitrogens with one attached hydrogen (secondary N) is 1. The number of alkyl halides is 1. The standard InChI is InChI=1S/C12H20ClN3O/c1-4-17-12-8-14-7-11(16-12)15-10(5-6-13)9(2)3/h7-10H,4-6H2,1-3H3,(H,15,16). The molecule has 4 nitrogen and oxygen atoms in total. The lowest BCUT2D eigenvalue weighted by Crippen LogP contribution is -2.26. The van der Waals surface area contributed by atoms with Crippen molar-refractivity contribution in [3.63, 3.8) is 0 Å². The summed E-state index contributed by atoms with van der Waals surface area (Å²) in [7, 11) is 0. The van der Waals surface area contributed by atoms with Gasteiger partial charge >= 0.3 is 0 Å². The highest BCUT2D eigenvalue weighted by molar-refractivity contribution is 6.17. The minimum Gasteiger partial charge on any atom is -0.477 e. The van der Waals surface area contributed by atoms with Gasteiger partial charge in [0.1, 0.15) is 5.82 Å². The Hall–Kier alpha value is -1.03. The van der Waals surface area contributed by atoms with Gasteiger partial charge in [-0.05, 0) is 19.3 Å². The van der Waals surface area contributed by atoms with E-state index in [1.54, 1.807) is 12.4 Å². The fraction of sp³-hybridized carbons (Fsp3) is 0.667. The van der Waals surface area contributed by atoms with E-state index in [2.05, 4.69) is 29.1 Å². The molecule has 1 atom stereocenters. The molecule has 0 aliphatic carbocycles. The van der Waals surface area contributed by atoms with Gasteiger partial charge in [-0.25, -0.2) is 0 Å². The van der Waals surface area contributed by atoms with Gasteiger partial charge in [0.2, 0.25) is 5.88 Å². The first-order chi connectivity index (χ1) is 8.17. The molecule has 0 bridgehead atoms. The van der Waals surface area contributed by atoms with Crippen molar-refractivity contribution >= 4 is 17.4 Å². The van der Waals surface area contributed by atoms with Crippen LogP contribution in [0.5, 0.6) is 5.88 Å². The molecule has 0 saturated carbocycles. The third kappa shape index (κ3) is 4.77. The number of halogens is 1. The molecule has 1 unspecified atom stereocenters. The Morgan fingerprint density at radius 2 is 2.18 bits per heavy atom. The van der Waals surface area contributed by atoms with Gasteiger partial charge in [0.05, 0.1) is 19.0 Å².